The van der Waals surface area contributed by atoms with Gasteiger partial charge in [0, 0.05) is 24.1 Å². The van der Waals surface area contributed by atoms with Crippen LogP contribution in [-0.4, -0.2) is 28.6 Å². The molecule has 4 heteroatoms. The van der Waals surface area contributed by atoms with Crippen LogP contribution in [0, 0.1) is 6.92 Å². The monoisotopic (exact) mass is 208 g/mol. The maximum absolute atomic E-state index is 10.7. The van der Waals surface area contributed by atoms with E-state index in [4.69, 9.17) is 5.11 Å². The molecule has 82 valence electrons. The molecule has 0 unspecified atom stereocenters. The van der Waals surface area contributed by atoms with Gasteiger partial charge in [-0.25, -0.2) is 0 Å². The molecule has 1 aromatic rings. The molecule has 4 nitrogen and oxygen atoms in total. The largest absolute Gasteiger partial charge is 0.480 e. The van der Waals surface area contributed by atoms with E-state index < -0.39 is 5.97 Å². The topological polar surface area (TPSA) is 53.4 Å². The lowest BCUT2D eigenvalue weighted by Gasteiger charge is -2.28. The first-order valence-electron chi connectivity index (χ1n) is 4.91. The van der Waals surface area contributed by atoms with Crippen LogP contribution in [0.3, 0.4) is 0 Å². The molecule has 0 aliphatic carbocycles. The number of aliphatic carboxylic acids is 1. The molecule has 0 bridgehead atoms. The molecule has 0 amide bonds. The fourth-order valence-electron chi connectivity index (χ4n) is 1.48. The van der Waals surface area contributed by atoms with E-state index in [2.05, 4.69) is 4.98 Å². The van der Waals surface area contributed by atoms with Gasteiger partial charge in [0.05, 0.1) is 0 Å². The van der Waals surface area contributed by atoms with Gasteiger partial charge < -0.3 is 10.0 Å². The van der Waals surface area contributed by atoms with E-state index in [-0.39, 0.29) is 12.6 Å². The van der Waals surface area contributed by atoms with Crippen molar-refractivity contribution in [2.24, 2.45) is 0 Å². The SMILES string of the molecule is Cc1cnccc1N(CC(=O)O)C(C)C. The zero-order valence-corrected chi connectivity index (χ0v) is 9.27. The molecule has 0 atom stereocenters. The summed E-state index contributed by atoms with van der Waals surface area (Å²) in [5, 5.41) is 8.83. The lowest BCUT2D eigenvalue weighted by molar-refractivity contribution is -0.135. The minimum Gasteiger partial charge on any atom is -0.480 e. The van der Waals surface area contributed by atoms with E-state index in [9.17, 15) is 4.79 Å². The fourth-order valence-corrected chi connectivity index (χ4v) is 1.48. The van der Waals surface area contributed by atoms with Gasteiger partial charge in [0.15, 0.2) is 0 Å². The second-order valence-corrected chi connectivity index (χ2v) is 3.78. The first-order valence-corrected chi connectivity index (χ1v) is 4.91. The summed E-state index contributed by atoms with van der Waals surface area (Å²) in [7, 11) is 0. The molecule has 15 heavy (non-hydrogen) atoms. The quantitative estimate of drug-likeness (QED) is 0.818. The van der Waals surface area contributed by atoms with Crippen LogP contribution in [0.1, 0.15) is 19.4 Å². The summed E-state index contributed by atoms with van der Waals surface area (Å²) in [4.78, 5) is 16.6. The van der Waals surface area contributed by atoms with Crippen molar-refractivity contribution >= 4 is 11.7 Å². The van der Waals surface area contributed by atoms with Crippen LogP contribution in [0.4, 0.5) is 5.69 Å². The highest BCUT2D eigenvalue weighted by Gasteiger charge is 2.15. The summed E-state index contributed by atoms with van der Waals surface area (Å²) >= 11 is 0. The summed E-state index contributed by atoms with van der Waals surface area (Å²) < 4.78 is 0. The van der Waals surface area contributed by atoms with Crippen LogP contribution in [0.15, 0.2) is 18.5 Å². The van der Waals surface area contributed by atoms with E-state index in [1.165, 1.54) is 0 Å². The van der Waals surface area contributed by atoms with Gasteiger partial charge in [-0.05, 0) is 32.4 Å². The molecule has 0 saturated heterocycles. The number of hydrogen-bond donors (Lipinski definition) is 1. The van der Waals surface area contributed by atoms with Gasteiger partial charge in [0.2, 0.25) is 0 Å². The third kappa shape index (κ3) is 2.94. The van der Waals surface area contributed by atoms with Gasteiger partial charge in [-0.2, -0.15) is 0 Å². The Kier molecular flexibility index (Phi) is 3.66. The maximum atomic E-state index is 10.7. The molecule has 1 aromatic heterocycles. The summed E-state index contributed by atoms with van der Waals surface area (Å²) in [5.74, 6) is -0.820. The van der Waals surface area contributed by atoms with Gasteiger partial charge in [0.1, 0.15) is 6.54 Å². The Morgan fingerprint density at radius 1 is 1.60 bits per heavy atom. The van der Waals surface area contributed by atoms with E-state index in [0.29, 0.717) is 0 Å². The van der Waals surface area contributed by atoms with Gasteiger partial charge in [-0.1, -0.05) is 0 Å². The standard InChI is InChI=1S/C11H16N2O2/c1-8(2)13(7-11(14)15)10-4-5-12-6-9(10)3/h4-6,8H,7H2,1-3H3,(H,14,15). The molecule has 1 rings (SSSR count). The van der Waals surface area contributed by atoms with Gasteiger partial charge in [-0.15, -0.1) is 0 Å². The van der Waals surface area contributed by atoms with Crippen LogP contribution in [-0.2, 0) is 4.79 Å². The molecular weight excluding hydrogens is 192 g/mol. The number of aromatic nitrogens is 1. The highest BCUT2D eigenvalue weighted by Crippen LogP contribution is 2.20. The Morgan fingerprint density at radius 3 is 2.73 bits per heavy atom. The smallest absolute Gasteiger partial charge is 0.323 e. The fraction of sp³-hybridized carbons (Fsp3) is 0.455. The predicted octanol–water partition coefficient (Wildman–Crippen LogP) is 1.69. The minimum atomic E-state index is -0.820. The number of carboxylic acids is 1. The number of rotatable bonds is 4. The molecule has 0 aromatic carbocycles. The van der Waals surface area contributed by atoms with Crippen molar-refractivity contribution in [2.45, 2.75) is 26.8 Å². The Balaban J connectivity index is 2.99. The van der Waals surface area contributed by atoms with Crippen molar-refractivity contribution in [3.63, 3.8) is 0 Å². The van der Waals surface area contributed by atoms with E-state index >= 15 is 0 Å². The number of carbonyl (C=O) groups is 1. The molecule has 1 N–H and O–H groups in total. The van der Waals surface area contributed by atoms with Crippen LogP contribution >= 0.6 is 0 Å². The van der Waals surface area contributed by atoms with E-state index in [1.54, 1.807) is 12.4 Å². The second-order valence-electron chi connectivity index (χ2n) is 3.78. The number of carboxylic acid groups (broad SMARTS) is 1. The molecular formula is C11H16N2O2. The first-order chi connectivity index (χ1) is 7.02. The third-order valence-electron chi connectivity index (χ3n) is 2.23. The molecule has 0 fully saturated rings. The van der Waals surface area contributed by atoms with Crippen LogP contribution in [0.5, 0.6) is 0 Å². The molecule has 0 saturated carbocycles. The zero-order chi connectivity index (χ0) is 11.4. The molecule has 0 radical (unpaired) electrons. The average molecular weight is 208 g/mol. The number of hydrogen-bond acceptors (Lipinski definition) is 3. The number of aryl methyl sites for hydroxylation is 1. The Labute approximate surface area is 89.6 Å². The Hall–Kier alpha value is -1.58. The molecule has 1 heterocycles. The number of anilines is 1. The van der Waals surface area contributed by atoms with E-state index in [0.717, 1.165) is 11.3 Å². The number of pyridine rings is 1. The summed E-state index contributed by atoms with van der Waals surface area (Å²) in [6, 6.07) is 2.00. The van der Waals surface area contributed by atoms with Crippen molar-refractivity contribution in [3.8, 4) is 0 Å². The minimum absolute atomic E-state index is 0.0164. The highest BCUT2D eigenvalue weighted by molar-refractivity contribution is 5.74. The summed E-state index contributed by atoms with van der Waals surface area (Å²) in [5.41, 5.74) is 1.93. The van der Waals surface area contributed by atoms with Crippen LogP contribution in [0.2, 0.25) is 0 Å². The normalized spacial score (nSPS) is 10.4. The van der Waals surface area contributed by atoms with E-state index in [1.807, 2.05) is 31.7 Å². The molecule has 0 spiro atoms. The van der Waals surface area contributed by atoms with Gasteiger partial charge in [-0.3, -0.25) is 9.78 Å². The van der Waals surface area contributed by atoms with Crippen molar-refractivity contribution in [2.75, 3.05) is 11.4 Å². The van der Waals surface area contributed by atoms with Crippen molar-refractivity contribution in [1.82, 2.24) is 4.98 Å². The van der Waals surface area contributed by atoms with Gasteiger partial charge in [0.25, 0.3) is 0 Å². The summed E-state index contributed by atoms with van der Waals surface area (Å²) in [6.07, 6.45) is 3.42. The Morgan fingerprint density at radius 2 is 2.27 bits per heavy atom. The van der Waals surface area contributed by atoms with Gasteiger partial charge >= 0.3 is 5.97 Å². The zero-order valence-electron chi connectivity index (χ0n) is 9.27. The third-order valence-corrected chi connectivity index (χ3v) is 2.23. The first kappa shape index (κ1) is 11.5. The lowest BCUT2D eigenvalue weighted by atomic mass is 10.2. The maximum Gasteiger partial charge on any atom is 0.323 e. The highest BCUT2D eigenvalue weighted by atomic mass is 16.4. The second kappa shape index (κ2) is 4.77. The average Bonchev–Trinajstić information content (AvgIpc) is 2.15. The Bertz CT molecular complexity index is 350. The predicted molar refractivity (Wildman–Crippen MR) is 59.1 cm³/mol. The summed E-state index contributed by atoms with van der Waals surface area (Å²) in [6.45, 7) is 5.90. The van der Waals surface area contributed by atoms with Crippen LogP contribution < -0.4 is 4.90 Å². The molecule has 0 aliphatic heterocycles. The van der Waals surface area contributed by atoms with Crippen molar-refractivity contribution in [3.05, 3.63) is 24.0 Å². The molecule has 0 aliphatic rings. The van der Waals surface area contributed by atoms with Crippen molar-refractivity contribution < 1.29 is 9.90 Å². The number of nitrogens with zero attached hydrogens (tertiary/aromatic N) is 2. The van der Waals surface area contributed by atoms with Crippen molar-refractivity contribution in [1.29, 1.82) is 0 Å². The lowest BCUT2D eigenvalue weighted by Crippen LogP contribution is -2.36. The van der Waals surface area contributed by atoms with Crippen LogP contribution in [0.25, 0.3) is 0 Å².